The molecule has 0 unspecified atom stereocenters. The van der Waals surface area contributed by atoms with Crippen LogP contribution in [0, 0.1) is 21.7 Å². The molecule has 0 spiro atoms. The van der Waals surface area contributed by atoms with Crippen molar-refractivity contribution < 1.29 is 23.6 Å². The molecule has 0 fully saturated rings. The van der Waals surface area contributed by atoms with Crippen LogP contribution in [-0.2, 0) is 0 Å². The number of nitrogens with one attached hydrogen (secondary N) is 1. The normalized spacial score (nSPS) is 10.2. The summed E-state index contributed by atoms with van der Waals surface area (Å²) in [6, 6.07) is 6.31. The zero-order valence-corrected chi connectivity index (χ0v) is 10.3. The van der Waals surface area contributed by atoms with Crippen molar-refractivity contribution in [1.29, 1.82) is 0 Å². The third kappa shape index (κ3) is 2.78. The van der Waals surface area contributed by atoms with E-state index in [0.29, 0.717) is 0 Å². The molecule has 0 heterocycles. The third-order valence-corrected chi connectivity index (χ3v) is 2.68. The molecule has 2 aromatic rings. The minimum atomic E-state index is -1.46. The maximum atomic E-state index is 13.6. The van der Waals surface area contributed by atoms with Gasteiger partial charge in [0.2, 0.25) is 0 Å². The zero-order valence-electron chi connectivity index (χ0n) is 10.3. The SMILES string of the molecule is O=C(O)c1cccc([N+](=O)[O-])c1Nc1c(F)cccc1F. The molecule has 2 aromatic carbocycles. The minimum Gasteiger partial charge on any atom is -0.478 e. The fraction of sp³-hybridized carbons (Fsp3) is 0. The van der Waals surface area contributed by atoms with Crippen LogP contribution < -0.4 is 5.32 Å². The first-order valence-corrected chi connectivity index (χ1v) is 5.63. The Bertz CT molecular complexity index is 682. The zero-order chi connectivity index (χ0) is 15.6. The van der Waals surface area contributed by atoms with Crippen molar-refractivity contribution in [2.75, 3.05) is 5.32 Å². The topological polar surface area (TPSA) is 92.5 Å². The van der Waals surface area contributed by atoms with Gasteiger partial charge in [-0.05, 0) is 18.2 Å². The summed E-state index contributed by atoms with van der Waals surface area (Å²) in [5.74, 6) is -3.45. The quantitative estimate of drug-likeness (QED) is 0.666. The van der Waals surface area contributed by atoms with E-state index >= 15 is 0 Å². The Kier molecular flexibility index (Phi) is 3.79. The fourth-order valence-electron chi connectivity index (χ4n) is 1.74. The number of anilines is 2. The van der Waals surface area contributed by atoms with Gasteiger partial charge in [0, 0.05) is 6.07 Å². The number of nitrogens with zero attached hydrogens (tertiary/aromatic N) is 1. The van der Waals surface area contributed by atoms with Crippen LogP contribution in [0.1, 0.15) is 10.4 Å². The van der Waals surface area contributed by atoms with Crippen LogP contribution in [0.2, 0.25) is 0 Å². The lowest BCUT2D eigenvalue weighted by molar-refractivity contribution is -0.383. The highest BCUT2D eigenvalue weighted by Crippen LogP contribution is 2.33. The summed E-state index contributed by atoms with van der Waals surface area (Å²) in [6.07, 6.45) is 0. The van der Waals surface area contributed by atoms with E-state index in [1.807, 2.05) is 0 Å². The number of hydrogen-bond donors (Lipinski definition) is 2. The summed E-state index contributed by atoms with van der Waals surface area (Å²) >= 11 is 0. The maximum absolute atomic E-state index is 13.6. The highest BCUT2D eigenvalue weighted by atomic mass is 19.1. The Morgan fingerprint density at radius 2 is 1.67 bits per heavy atom. The number of para-hydroxylation sites is 2. The Hall–Kier alpha value is -3.03. The fourth-order valence-corrected chi connectivity index (χ4v) is 1.74. The molecule has 0 bridgehead atoms. The van der Waals surface area contributed by atoms with Gasteiger partial charge in [-0.3, -0.25) is 10.1 Å². The van der Waals surface area contributed by atoms with E-state index in [0.717, 1.165) is 30.3 Å². The van der Waals surface area contributed by atoms with Gasteiger partial charge in [-0.2, -0.15) is 0 Å². The van der Waals surface area contributed by atoms with Gasteiger partial charge in [0.25, 0.3) is 5.69 Å². The van der Waals surface area contributed by atoms with E-state index in [4.69, 9.17) is 5.11 Å². The smallest absolute Gasteiger partial charge is 0.338 e. The van der Waals surface area contributed by atoms with Crippen LogP contribution in [0.25, 0.3) is 0 Å². The number of nitro benzene ring substituents is 1. The first kappa shape index (κ1) is 14.4. The first-order valence-electron chi connectivity index (χ1n) is 5.63. The van der Waals surface area contributed by atoms with Gasteiger partial charge in [0.05, 0.1) is 10.5 Å². The Balaban J connectivity index is 2.62. The molecule has 0 aliphatic heterocycles. The van der Waals surface area contributed by atoms with E-state index < -0.39 is 45.2 Å². The van der Waals surface area contributed by atoms with Crippen molar-refractivity contribution in [3.63, 3.8) is 0 Å². The molecular weight excluding hydrogens is 286 g/mol. The molecule has 0 saturated heterocycles. The Morgan fingerprint density at radius 1 is 1.10 bits per heavy atom. The Labute approximate surface area is 116 Å². The number of aromatic carboxylic acids is 1. The van der Waals surface area contributed by atoms with Crippen molar-refractivity contribution in [1.82, 2.24) is 0 Å². The van der Waals surface area contributed by atoms with Gasteiger partial charge in [0.1, 0.15) is 23.0 Å². The number of hydrogen-bond acceptors (Lipinski definition) is 4. The number of rotatable bonds is 4. The average molecular weight is 294 g/mol. The largest absolute Gasteiger partial charge is 0.478 e. The van der Waals surface area contributed by atoms with Crippen molar-refractivity contribution in [2.24, 2.45) is 0 Å². The van der Waals surface area contributed by atoms with Gasteiger partial charge >= 0.3 is 5.97 Å². The predicted molar refractivity (Wildman–Crippen MR) is 69.7 cm³/mol. The lowest BCUT2D eigenvalue weighted by atomic mass is 10.1. The summed E-state index contributed by atoms with van der Waals surface area (Å²) in [4.78, 5) is 21.2. The molecule has 2 N–H and O–H groups in total. The average Bonchev–Trinajstić information content (AvgIpc) is 2.42. The third-order valence-electron chi connectivity index (χ3n) is 2.68. The summed E-state index contributed by atoms with van der Waals surface area (Å²) in [6.45, 7) is 0. The van der Waals surface area contributed by atoms with Gasteiger partial charge < -0.3 is 10.4 Å². The van der Waals surface area contributed by atoms with E-state index in [1.165, 1.54) is 6.07 Å². The molecular formula is C13H8F2N2O4. The van der Waals surface area contributed by atoms with Gasteiger partial charge in [-0.1, -0.05) is 12.1 Å². The first-order chi connectivity index (χ1) is 9.91. The number of carboxylic acids is 1. The lowest BCUT2D eigenvalue weighted by Gasteiger charge is -2.11. The number of carboxylic acid groups (broad SMARTS) is 1. The van der Waals surface area contributed by atoms with Gasteiger partial charge in [-0.25, -0.2) is 13.6 Å². The van der Waals surface area contributed by atoms with Crippen molar-refractivity contribution >= 4 is 23.0 Å². The molecule has 8 heteroatoms. The van der Waals surface area contributed by atoms with Crippen LogP contribution in [0.4, 0.5) is 25.8 Å². The van der Waals surface area contributed by atoms with Crippen molar-refractivity contribution in [3.05, 3.63) is 63.7 Å². The summed E-state index contributed by atoms with van der Waals surface area (Å²) in [7, 11) is 0. The number of benzene rings is 2. The van der Waals surface area contributed by atoms with E-state index in [9.17, 15) is 23.7 Å². The molecule has 2 rings (SSSR count). The monoisotopic (exact) mass is 294 g/mol. The molecule has 0 saturated carbocycles. The van der Waals surface area contributed by atoms with E-state index in [1.54, 1.807) is 0 Å². The second kappa shape index (κ2) is 5.53. The number of nitro groups is 1. The lowest BCUT2D eigenvalue weighted by Crippen LogP contribution is -2.07. The predicted octanol–water partition coefficient (Wildman–Crippen LogP) is 3.31. The highest BCUT2D eigenvalue weighted by Gasteiger charge is 2.23. The van der Waals surface area contributed by atoms with Gasteiger partial charge in [-0.15, -0.1) is 0 Å². The molecule has 0 aromatic heterocycles. The molecule has 0 amide bonds. The molecule has 21 heavy (non-hydrogen) atoms. The molecule has 108 valence electrons. The molecule has 0 radical (unpaired) electrons. The summed E-state index contributed by atoms with van der Waals surface area (Å²) < 4.78 is 27.2. The highest BCUT2D eigenvalue weighted by molar-refractivity contribution is 5.98. The maximum Gasteiger partial charge on any atom is 0.338 e. The number of carbonyl (C=O) groups is 1. The van der Waals surface area contributed by atoms with Crippen molar-refractivity contribution in [2.45, 2.75) is 0 Å². The molecule has 0 aliphatic rings. The standard InChI is InChI=1S/C13H8F2N2O4/c14-8-4-2-5-9(15)12(8)16-11-7(13(18)19)3-1-6-10(11)17(20)21/h1-6,16H,(H,18,19). The molecule has 0 atom stereocenters. The van der Waals surface area contributed by atoms with Crippen LogP contribution in [-0.4, -0.2) is 16.0 Å². The van der Waals surface area contributed by atoms with E-state index in [2.05, 4.69) is 5.32 Å². The van der Waals surface area contributed by atoms with Crippen LogP contribution in [0.3, 0.4) is 0 Å². The van der Waals surface area contributed by atoms with Crippen LogP contribution >= 0.6 is 0 Å². The second-order valence-electron chi connectivity index (χ2n) is 3.98. The minimum absolute atomic E-state index is 0.466. The van der Waals surface area contributed by atoms with Crippen molar-refractivity contribution in [3.8, 4) is 0 Å². The van der Waals surface area contributed by atoms with Crippen LogP contribution in [0.15, 0.2) is 36.4 Å². The van der Waals surface area contributed by atoms with Gasteiger partial charge in [0.15, 0.2) is 0 Å². The van der Waals surface area contributed by atoms with Crippen LogP contribution in [0.5, 0.6) is 0 Å². The van der Waals surface area contributed by atoms with E-state index in [-0.39, 0.29) is 0 Å². The second-order valence-corrected chi connectivity index (χ2v) is 3.98. The summed E-state index contributed by atoms with van der Waals surface area (Å²) in [5, 5.41) is 22.1. The molecule has 0 aliphatic carbocycles. The Morgan fingerprint density at radius 3 is 2.19 bits per heavy atom. The summed E-state index contributed by atoms with van der Waals surface area (Å²) in [5.41, 5.74) is -2.21. The number of halogens is 2. The molecule has 6 nitrogen and oxygen atoms in total.